The third-order valence-electron chi connectivity index (χ3n) is 2.49. The van der Waals surface area contributed by atoms with E-state index in [-0.39, 0.29) is 43.7 Å². The quantitative estimate of drug-likeness (QED) is 0.466. The number of carboxylic acids is 1. The molecule has 2 N–H and O–H groups in total. The minimum absolute atomic E-state index is 0. The predicted molar refractivity (Wildman–Crippen MR) is 60.0 cm³/mol. The van der Waals surface area contributed by atoms with Crippen molar-refractivity contribution in [2.24, 2.45) is 0 Å². The van der Waals surface area contributed by atoms with Crippen LogP contribution in [0.15, 0.2) is 12.2 Å². The number of imide groups is 1. The Kier molecular flexibility index (Phi) is 7.29. The van der Waals surface area contributed by atoms with E-state index in [4.69, 9.17) is 5.11 Å². The number of Topliss-reactive ketones (excluding diaryl/α,β-unsaturated/α-hetero) is 1. The third-order valence-corrected chi connectivity index (χ3v) is 2.49. The molecule has 0 spiro atoms. The summed E-state index contributed by atoms with van der Waals surface area (Å²) in [5.41, 5.74) is 0. The largest absolute Gasteiger partial charge is 0.480 e. The monoisotopic (exact) mass is 304 g/mol. The first kappa shape index (κ1) is 17.6. The van der Waals surface area contributed by atoms with Crippen molar-refractivity contribution in [2.45, 2.75) is 18.9 Å². The van der Waals surface area contributed by atoms with E-state index in [1.165, 1.54) is 0 Å². The maximum Gasteiger partial charge on any atom is 0.318 e. The average molecular weight is 304 g/mol. The Labute approximate surface area is 121 Å². The van der Waals surface area contributed by atoms with Crippen LogP contribution >= 0.6 is 0 Å². The van der Waals surface area contributed by atoms with Crippen molar-refractivity contribution in [3.05, 3.63) is 19.2 Å². The second-order valence-corrected chi connectivity index (χ2v) is 3.77. The van der Waals surface area contributed by atoms with Gasteiger partial charge < -0.3 is 10.4 Å². The number of carboxylic acid groups (broad SMARTS) is 1. The topological polar surface area (TPSA) is 104 Å². The minimum Gasteiger partial charge on any atom is -0.480 e. The molecular weight excluding hydrogens is 291 g/mol. The molecule has 1 atom stereocenters. The van der Waals surface area contributed by atoms with Crippen LogP contribution in [0.5, 0.6) is 0 Å². The van der Waals surface area contributed by atoms with E-state index < -0.39 is 23.8 Å². The van der Waals surface area contributed by atoms with E-state index in [1.807, 2.05) is 0 Å². The Balaban J connectivity index is 0.00000324. The van der Waals surface area contributed by atoms with Crippen molar-refractivity contribution in [2.75, 3.05) is 6.54 Å². The fourth-order valence-electron chi connectivity index (χ4n) is 1.46. The van der Waals surface area contributed by atoms with Gasteiger partial charge in [-0.15, -0.1) is 0 Å². The van der Waals surface area contributed by atoms with Gasteiger partial charge >= 0.3 is 5.97 Å². The summed E-state index contributed by atoms with van der Waals surface area (Å²) >= 11 is 0. The number of nitrogens with zero attached hydrogens (tertiary/aromatic N) is 1. The van der Waals surface area contributed by atoms with Crippen molar-refractivity contribution in [1.82, 2.24) is 10.2 Å². The molecule has 7 nitrogen and oxygen atoms in total. The van der Waals surface area contributed by atoms with Gasteiger partial charge in [-0.2, -0.15) is 0 Å². The zero-order chi connectivity index (χ0) is 13.7. The number of amides is 2. The number of aliphatic carboxylic acids is 1. The van der Waals surface area contributed by atoms with E-state index in [9.17, 15) is 19.2 Å². The number of nitrogens with one attached hydrogen (secondary N) is 1. The summed E-state index contributed by atoms with van der Waals surface area (Å²) in [4.78, 5) is 45.3. The fraction of sp³-hybridized carbons (Fsp3) is 0.364. The maximum atomic E-state index is 11.5. The van der Waals surface area contributed by atoms with Gasteiger partial charge in [0, 0.05) is 37.1 Å². The number of rotatable bonds is 7. The second kappa shape index (κ2) is 7.88. The molecule has 1 heterocycles. The fourth-order valence-corrected chi connectivity index (χ4v) is 1.46. The van der Waals surface area contributed by atoms with Gasteiger partial charge in [0.15, 0.2) is 5.78 Å². The molecule has 0 aliphatic carbocycles. The van der Waals surface area contributed by atoms with Gasteiger partial charge in [0.25, 0.3) is 11.8 Å². The van der Waals surface area contributed by atoms with Crippen LogP contribution in [-0.2, 0) is 37.7 Å². The zero-order valence-corrected chi connectivity index (χ0v) is 11.4. The van der Waals surface area contributed by atoms with Crippen LogP contribution in [0.2, 0.25) is 0 Å². The van der Waals surface area contributed by atoms with Gasteiger partial charge in [-0.3, -0.25) is 31.1 Å². The van der Waals surface area contributed by atoms with E-state index in [1.54, 1.807) is 0 Å². The molecule has 0 aromatic heterocycles. The number of carbonyl (C=O) groups is 4. The van der Waals surface area contributed by atoms with Crippen LogP contribution < -0.4 is 5.32 Å². The Bertz CT molecular complexity index is 403. The number of ketones is 1. The van der Waals surface area contributed by atoms with Crippen LogP contribution in [0.1, 0.15) is 12.8 Å². The first-order chi connectivity index (χ1) is 8.45. The van der Waals surface area contributed by atoms with Crippen LogP contribution in [0.3, 0.4) is 0 Å². The van der Waals surface area contributed by atoms with Crippen molar-refractivity contribution < 1.29 is 42.8 Å². The Morgan fingerprint density at radius 2 is 1.84 bits per heavy atom. The average Bonchev–Trinajstić information content (AvgIpc) is 2.61. The Hall–Kier alpha value is -1.44. The second-order valence-electron chi connectivity index (χ2n) is 3.77. The molecule has 0 aromatic rings. The summed E-state index contributed by atoms with van der Waals surface area (Å²) in [6, 6.07) is -0.919. The molecule has 8 heteroatoms. The van der Waals surface area contributed by atoms with Gasteiger partial charge in [0.2, 0.25) is 0 Å². The molecule has 1 radical (unpaired) electrons. The van der Waals surface area contributed by atoms with E-state index >= 15 is 0 Å². The van der Waals surface area contributed by atoms with E-state index in [0.29, 0.717) is 0 Å². The third kappa shape index (κ3) is 4.98. The van der Waals surface area contributed by atoms with Crippen LogP contribution in [-0.4, -0.2) is 46.2 Å². The van der Waals surface area contributed by atoms with Gasteiger partial charge in [0.05, 0.1) is 12.6 Å². The maximum absolute atomic E-state index is 11.5. The Morgan fingerprint density at radius 3 is 2.26 bits per heavy atom. The molecule has 0 bridgehead atoms. The molecule has 103 valence electrons. The summed E-state index contributed by atoms with van der Waals surface area (Å²) in [7, 11) is 3.24. The van der Waals surface area contributed by atoms with Gasteiger partial charge in [-0.1, -0.05) is 0 Å². The standard InChI is InChI=1S/C11H13N2O5.V/c1-12-8(11(17)18)3-2-7(14)6-13-9(15)4-5-10(13)16;/h4-5,8,12H,1-3,6H2,(H,17,18);/q-1;. The molecule has 0 saturated carbocycles. The molecule has 1 unspecified atom stereocenters. The molecule has 2 amide bonds. The minimum atomic E-state index is -1.10. The summed E-state index contributed by atoms with van der Waals surface area (Å²) in [6.45, 7) is -0.325. The van der Waals surface area contributed by atoms with Crippen LogP contribution in [0.4, 0.5) is 0 Å². The molecule has 1 aliphatic rings. The zero-order valence-electron chi connectivity index (χ0n) is 10.0. The van der Waals surface area contributed by atoms with Gasteiger partial charge in [-0.25, -0.2) is 0 Å². The number of carbonyl (C=O) groups excluding carboxylic acids is 3. The molecule has 1 aliphatic heterocycles. The molecular formula is C11H13N2O5V-. The summed E-state index contributed by atoms with van der Waals surface area (Å²) in [5, 5.41) is 11.0. The molecule has 0 aromatic carbocycles. The van der Waals surface area contributed by atoms with Crippen molar-refractivity contribution >= 4 is 23.6 Å². The van der Waals surface area contributed by atoms with Crippen LogP contribution in [0, 0.1) is 7.05 Å². The first-order valence-corrected chi connectivity index (χ1v) is 5.26. The number of hydrogen-bond acceptors (Lipinski definition) is 5. The smallest absolute Gasteiger partial charge is 0.318 e. The summed E-state index contributed by atoms with van der Waals surface area (Å²) in [5.74, 6) is -2.54. The molecule has 1 rings (SSSR count). The molecule has 0 fully saturated rings. The van der Waals surface area contributed by atoms with Gasteiger partial charge in [-0.05, 0) is 6.42 Å². The normalized spacial score (nSPS) is 15.3. The molecule has 0 saturated heterocycles. The summed E-state index contributed by atoms with van der Waals surface area (Å²) < 4.78 is 0. The SMILES string of the molecule is [CH2-]NC(CCC(=O)CN1C(=O)C=CC1=O)C(=O)O.[V]. The van der Waals surface area contributed by atoms with Gasteiger partial charge in [0.1, 0.15) is 0 Å². The van der Waals surface area contributed by atoms with Crippen molar-refractivity contribution in [3.8, 4) is 0 Å². The van der Waals surface area contributed by atoms with Crippen molar-refractivity contribution in [3.63, 3.8) is 0 Å². The van der Waals surface area contributed by atoms with E-state index in [0.717, 1.165) is 17.1 Å². The first-order valence-electron chi connectivity index (χ1n) is 5.26. The predicted octanol–water partition coefficient (Wildman–Crippen LogP) is -0.907. The Morgan fingerprint density at radius 1 is 1.32 bits per heavy atom. The van der Waals surface area contributed by atoms with E-state index in [2.05, 4.69) is 12.4 Å². The number of hydrogen-bond donors (Lipinski definition) is 2. The van der Waals surface area contributed by atoms with Crippen molar-refractivity contribution in [1.29, 1.82) is 0 Å². The molecule has 19 heavy (non-hydrogen) atoms. The van der Waals surface area contributed by atoms with Crippen LogP contribution in [0.25, 0.3) is 0 Å². The summed E-state index contributed by atoms with van der Waals surface area (Å²) in [6.07, 6.45) is 2.19.